The third kappa shape index (κ3) is 4.37. The molecule has 2 saturated heterocycles. The molecule has 1 aromatic carbocycles. The van der Waals surface area contributed by atoms with Crippen molar-refractivity contribution in [3.05, 3.63) is 35.9 Å². The predicted octanol–water partition coefficient (Wildman–Crippen LogP) is 2.93. The fourth-order valence-electron chi connectivity index (χ4n) is 3.95. The molecule has 24 heavy (non-hydrogen) atoms. The molecule has 2 heterocycles. The number of piperidine rings is 1. The molecule has 4 heteroatoms. The van der Waals surface area contributed by atoms with Crippen LogP contribution in [-0.4, -0.2) is 54.5 Å². The summed E-state index contributed by atoms with van der Waals surface area (Å²) in [7, 11) is 0. The number of hydrogen-bond donors (Lipinski definition) is 0. The molecule has 0 radical (unpaired) electrons. The van der Waals surface area contributed by atoms with Crippen LogP contribution >= 0.6 is 0 Å². The number of rotatable bonds is 6. The maximum absolute atomic E-state index is 12.9. The van der Waals surface area contributed by atoms with Crippen LogP contribution < -0.4 is 0 Å². The van der Waals surface area contributed by atoms with Crippen molar-refractivity contribution in [2.75, 3.05) is 32.8 Å². The molecular weight excluding hydrogens is 300 g/mol. The first-order valence-electron chi connectivity index (χ1n) is 9.42. The van der Waals surface area contributed by atoms with Crippen LogP contribution in [0, 0.1) is 5.92 Å². The van der Waals surface area contributed by atoms with Crippen molar-refractivity contribution in [2.24, 2.45) is 5.92 Å². The average molecular weight is 330 g/mol. The van der Waals surface area contributed by atoms with E-state index in [9.17, 15) is 4.79 Å². The zero-order chi connectivity index (χ0) is 16.8. The number of ether oxygens (including phenoxy) is 1. The van der Waals surface area contributed by atoms with Gasteiger partial charge < -0.3 is 9.64 Å². The van der Waals surface area contributed by atoms with Gasteiger partial charge in [0.2, 0.25) is 5.91 Å². The van der Waals surface area contributed by atoms with E-state index in [-0.39, 0.29) is 6.04 Å². The van der Waals surface area contributed by atoms with E-state index in [0.29, 0.717) is 18.4 Å². The molecular formula is C20H30N2O2. The van der Waals surface area contributed by atoms with Crippen LogP contribution in [-0.2, 0) is 16.1 Å². The van der Waals surface area contributed by atoms with E-state index in [2.05, 4.69) is 28.9 Å². The molecule has 3 rings (SSSR count). The first-order chi connectivity index (χ1) is 11.8. The third-order valence-corrected chi connectivity index (χ3v) is 5.37. The fraction of sp³-hybridized carbons (Fsp3) is 0.650. The summed E-state index contributed by atoms with van der Waals surface area (Å²) in [5.41, 5.74) is 1.21. The predicted molar refractivity (Wildman–Crippen MR) is 95.7 cm³/mol. The second-order valence-electron chi connectivity index (χ2n) is 7.08. The van der Waals surface area contributed by atoms with Gasteiger partial charge in [0.25, 0.3) is 0 Å². The van der Waals surface area contributed by atoms with Gasteiger partial charge in [0, 0.05) is 19.0 Å². The minimum Gasteiger partial charge on any atom is -0.376 e. The van der Waals surface area contributed by atoms with Crippen molar-refractivity contribution in [3.63, 3.8) is 0 Å². The van der Waals surface area contributed by atoms with Gasteiger partial charge in [-0.2, -0.15) is 0 Å². The number of carbonyl (C=O) groups is 1. The highest BCUT2D eigenvalue weighted by Gasteiger charge is 2.34. The summed E-state index contributed by atoms with van der Waals surface area (Å²) in [4.78, 5) is 17.3. The SMILES string of the molecule is CCN1CCCC[C@@H]1C(=O)N1CC[C@@H](COCc2ccccc2)C1. The summed E-state index contributed by atoms with van der Waals surface area (Å²) in [5.74, 6) is 0.832. The van der Waals surface area contributed by atoms with Gasteiger partial charge >= 0.3 is 0 Å². The maximum atomic E-state index is 12.9. The number of carbonyl (C=O) groups excluding carboxylic acids is 1. The Kier molecular flexibility index (Phi) is 6.27. The quantitative estimate of drug-likeness (QED) is 0.804. The van der Waals surface area contributed by atoms with Crippen molar-refractivity contribution in [1.82, 2.24) is 9.80 Å². The molecule has 4 nitrogen and oxygen atoms in total. The van der Waals surface area contributed by atoms with Crippen LogP contribution in [0.15, 0.2) is 30.3 Å². The molecule has 1 aromatic rings. The van der Waals surface area contributed by atoms with Gasteiger partial charge in [-0.3, -0.25) is 9.69 Å². The van der Waals surface area contributed by atoms with Crippen LogP contribution in [0.2, 0.25) is 0 Å². The van der Waals surface area contributed by atoms with Gasteiger partial charge in [-0.15, -0.1) is 0 Å². The second-order valence-corrected chi connectivity index (χ2v) is 7.08. The van der Waals surface area contributed by atoms with Crippen molar-refractivity contribution >= 4 is 5.91 Å². The lowest BCUT2D eigenvalue weighted by atomic mass is 10.0. The number of likely N-dealkylation sites (N-methyl/N-ethyl adjacent to an activating group) is 1. The highest BCUT2D eigenvalue weighted by atomic mass is 16.5. The monoisotopic (exact) mass is 330 g/mol. The smallest absolute Gasteiger partial charge is 0.239 e. The molecule has 2 atom stereocenters. The normalized spacial score (nSPS) is 25.1. The Bertz CT molecular complexity index is 520. The molecule has 0 spiro atoms. The average Bonchev–Trinajstić information content (AvgIpc) is 3.11. The Labute approximate surface area is 145 Å². The zero-order valence-electron chi connectivity index (χ0n) is 14.8. The van der Waals surface area contributed by atoms with Gasteiger partial charge in [-0.05, 0) is 37.9 Å². The van der Waals surface area contributed by atoms with Gasteiger partial charge in [0.1, 0.15) is 0 Å². The molecule has 0 unspecified atom stereocenters. The van der Waals surface area contributed by atoms with Crippen molar-refractivity contribution in [2.45, 2.75) is 45.3 Å². The number of nitrogens with zero attached hydrogens (tertiary/aromatic N) is 2. The summed E-state index contributed by atoms with van der Waals surface area (Å²) in [6.45, 7) is 7.39. The first-order valence-corrected chi connectivity index (χ1v) is 9.42. The lowest BCUT2D eigenvalue weighted by molar-refractivity contribution is -0.137. The summed E-state index contributed by atoms with van der Waals surface area (Å²) < 4.78 is 5.87. The minimum absolute atomic E-state index is 0.118. The molecule has 2 aliphatic rings. The zero-order valence-corrected chi connectivity index (χ0v) is 14.8. The lowest BCUT2D eigenvalue weighted by Gasteiger charge is -2.36. The maximum Gasteiger partial charge on any atom is 0.239 e. The molecule has 132 valence electrons. The van der Waals surface area contributed by atoms with Crippen molar-refractivity contribution < 1.29 is 9.53 Å². The molecule has 2 fully saturated rings. The lowest BCUT2D eigenvalue weighted by Crippen LogP contribution is -2.50. The molecule has 1 amide bonds. The highest BCUT2D eigenvalue weighted by Crippen LogP contribution is 2.23. The summed E-state index contributed by atoms with van der Waals surface area (Å²) >= 11 is 0. The molecule has 0 bridgehead atoms. The minimum atomic E-state index is 0.118. The highest BCUT2D eigenvalue weighted by molar-refractivity contribution is 5.82. The topological polar surface area (TPSA) is 32.8 Å². The summed E-state index contributed by atoms with van der Waals surface area (Å²) in [6.07, 6.45) is 4.51. The molecule has 0 N–H and O–H groups in total. The Hall–Kier alpha value is -1.39. The van der Waals surface area contributed by atoms with E-state index in [4.69, 9.17) is 4.74 Å². The van der Waals surface area contributed by atoms with Crippen LogP contribution in [0.5, 0.6) is 0 Å². The van der Waals surface area contributed by atoms with Crippen LogP contribution in [0.25, 0.3) is 0 Å². The Morgan fingerprint density at radius 3 is 2.79 bits per heavy atom. The Balaban J connectivity index is 1.43. The second kappa shape index (κ2) is 8.63. The molecule has 2 aliphatic heterocycles. The summed E-state index contributed by atoms with van der Waals surface area (Å²) in [6, 6.07) is 10.4. The Morgan fingerprint density at radius 1 is 1.17 bits per heavy atom. The van der Waals surface area contributed by atoms with E-state index in [0.717, 1.165) is 45.6 Å². The van der Waals surface area contributed by atoms with E-state index < -0.39 is 0 Å². The third-order valence-electron chi connectivity index (χ3n) is 5.37. The molecule has 0 saturated carbocycles. The van der Waals surface area contributed by atoms with Crippen molar-refractivity contribution in [3.8, 4) is 0 Å². The van der Waals surface area contributed by atoms with Crippen LogP contribution in [0.1, 0.15) is 38.2 Å². The largest absolute Gasteiger partial charge is 0.376 e. The number of amides is 1. The van der Waals surface area contributed by atoms with Gasteiger partial charge in [0.05, 0.1) is 19.3 Å². The van der Waals surface area contributed by atoms with Gasteiger partial charge in [0.15, 0.2) is 0 Å². The van der Waals surface area contributed by atoms with Crippen LogP contribution in [0.3, 0.4) is 0 Å². The van der Waals surface area contributed by atoms with E-state index in [1.54, 1.807) is 0 Å². The number of benzene rings is 1. The number of likely N-dealkylation sites (tertiary alicyclic amines) is 2. The number of hydrogen-bond acceptors (Lipinski definition) is 3. The molecule has 0 aliphatic carbocycles. The first kappa shape index (κ1) is 17.4. The van der Waals surface area contributed by atoms with E-state index in [1.165, 1.54) is 18.4 Å². The Morgan fingerprint density at radius 2 is 2.00 bits per heavy atom. The van der Waals surface area contributed by atoms with Gasteiger partial charge in [-0.1, -0.05) is 43.7 Å². The fourth-order valence-corrected chi connectivity index (χ4v) is 3.95. The van der Waals surface area contributed by atoms with Gasteiger partial charge in [-0.25, -0.2) is 0 Å². The van der Waals surface area contributed by atoms with E-state index in [1.807, 2.05) is 18.2 Å². The van der Waals surface area contributed by atoms with E-state index >= 15 is 0 Å². The van der Waals surface area contributed by atoms with Crippen LogP contribution in [0.4, 0.5) is 0 Å². The molecule has 0 aromatic heterocycles. The van der Waals surface area contributed by atoms with Crippen molar-refractivity contribution in [1.29, 1.82) is 0 Å². The summed E-state index contributed by atoms with van der Waals surface area (Å²) in [5, 5.41) is 0. The standard InChI is InChI=1S/C20H30N2O2/c1-2-21-12-7-6-10-19(21)20(23)22-13-11-18(14-22)16-24-15-17-8-4-3-5-9-17/h3-5,8-9,18-19H,2,6-7,10-16H2,1H3/t18-,19-/m1/s1.